The van der Waals surface area contributed by atoms with Crippen LogP contribution in [0.25, 0.3) is 10.1 Å². The van der Waals surface area contributed by atoms with E-state index in [0.29, 0.717) is 21.2 Å². The molecule has 2 N–H and O–H groups in total. The number of fused-ring (bicyclic) bond motifs is 1. The first kappa shape index (κ1) is 16.3. The lowest BCUT2D eigenvalue weighted by Gasteiger charge is -2.03. The van der Waals surface area contributed by atoms with Crippen molar-refractivity contribution in [2.24, 2.45) is 5.10 Å². The van der Waals surface area contributed by atoms with E-state index in [4.69, 9.17) is 16.3 Å². The first-order valence-electron chi connectivity index (χ1n) is 6.97. The lowest BCUT2D eigenvalue weighted by atomic mass is 10.2. The molecule has 0 atom stereocenters. The maximum atomic E-state index is 12.2. The number of halogens is 1. The number of carbonyl (C=O) groups is 1. The molecular formula is C17H13ClN2O3S. The zero-order valence-electron chi connectivity index (χ0n) is 12.6. The summed E-state index contributed by atoms with van der Waals surface area (Å²) in [5.41, 5.74) is 2.85. The topological polar surface area (TPSA) is 70.9 Å². The summed E-state index contributed by atoms with van der Waals surface area (Å²) in [6.07, 6.45) is 1.34. The summed E-state index contributed by atoms with van der Waals surface area (Å²) in [6.45, 7) is 0. The second kappa shape index (κ2) is 6.90. The average Bonchev–Trinajstić information content (AvgIpc) is 2.94. The summed E-state index contributed by atoms with van der Waals surface area (Å²) in [6, 6.07) is 12.3. The lowest BCUT2D eigenvalue weighted by Crippen LogP contribution is -2.16. The van der Waals surface area contributed by atoms with Gasteiger partial charge in [0.15, 0.2) is 0 Å². The Hall–Kier alpha value is -2.57. The fourth-order valence-corrected chi connectivity index (χ4v) is 3.54. The van der Waals surface area contributed by atoms with Crippen LogP contribution in [-0.2, 0) is 0 Å². The number of hydrazone groups is 1. The number of benzene rings is 2. The minimum atomic E-state index is -0.403. The number of nitrogens with zero attached hydrogens (tertiary/aromatic N) is 1. The predicted octanol–water partition coefficient (Wildman–Crippen LogP) is 4.03. The van der Waals surface area contributed by atoms with Crippen LogP contribution < -0.4 is 10.2 Å². The molecule has 122 valence electrons. The third-order valence-electron chi connectivity index (χ3n) is 3.35. The van der Waals surface area contributed by atoms with Crippen LogP contribution in [-0.4, -0.2) is 24.3 Å². The van der Waals surface area contributed by atoms with E-state index < -0.39 is 5.91 Å². The van der Waals surface area contributed by atoms with Gasteiger partial charge in [0, 0.05) is 15.6 Å². The number of aromatic hydroxyl groups is 1. The van der Waals surface area contributed by atoms with Crippen molar-refractivity contribution in [3.8, 4) is 11.5 Å². The minimum Gasteiger partial charge on any atom is -0.507 e. The Labute approximate surface area is 147 Å². The van der Waals surface area contributed by atoms with Gasteiger partial charge in [-0.2, -0.15) is 5.10 Å². The zero-order valence-corrected chi connectivity index (χ0v) is 14.2. The Morgan fingerprint density at radius 2 is 2.12 bits per heavy atom. The number of hydrogen-bond donors (Lipinski definition) is 2. The van der Waals surface area contributed by atoms with Crippen molar-refractivity contribution in [1.82, 2.24) is 5.43 Å². The first-order valence-corrected chi connectivity index (χ1v) is 8.17. The fourth-order valence-electron chi connectivity index (χ4n) is 2.13. The Bertz CT molecular complexity index is 937. The molecule has 0 spiro atoms. The largest absolute Gasteiger partial charge is 0.507 e. The van der Waals surface area contributed by atoms with Gasteiger partial charge in [0.25, 0.3) is 5.91 Å². The van der Waals surface area contributed by atoms with Gasteiger partial charge in [-0.3, -0.25) is 4.79 Å². The van der Waals surface area contributed by atoms with E-state index in [-0.39, 0.29) is 5.75 Å². The number of phenolic OH excluding ortho intramolecular Hbond substituents is 1. The van der Waals surface area contributed by atoms with Crippen LogP contribution in [0.4, 0.5) is 0 Å². The second-order valence-electron chi connectivity index (χ2n) is 4.87. The summed E-state index contributed by atoms with van der Waals surface area (Å²) >= 11 is 7.55. The molecule has 2 aromatic carbocycles. The smallest absolute Gasteiger partial charge is 0.283 e. The quantitative estimate of drug-likeness (QED) is 0.545. The molecule has 0 aliphatic rings. The Morgan fingerprint density at radius 3 is 2.88 bits per heavy atom. The summed E-state index contributed by atoms with van der Waals surface area (Å²) in [4.78, 5) is 12.6. The Kier molecular flexibility index (Phi) is 4.69. The van der Waals surface area contributed by atoms with E-state index in [0.717, 1.165) is 10.1 Å². The minimum absolute atomic E-state index is 0.0358. The molecule has 1 aromatic heterocycles. The molecule has 0 unspecified atom stereocenters. The number of thiophene rings is 1. The lowest BCUT2D eigenvalue weighted by molar-refractivity contribution is 0.0959. The van der Waals surface area contributed by atoms with Crippen molar-refractivity contribution in [2.75, 3.05) is 7.11 Å². The van der Waals surface area contributed by atoms with E-state index in [2.05, 4.69) is 10.5 Å². The van der Waals surface area contributed by atoms with Crippen molar-refractivity contribution < 1.29 is 14.6 Å². The highest BCUT2D eigenvalue weighted by molar-refractivity contribution is 7.21. The molecule has 0 radical (unpaired) electrons. The van der Waals surface area contributed by atoms with E-state index in [1.54, 1.807) is 12.1 Å². The van der Waals surface area contributed by atoms with Gasteiger partial charge in [-0.05, 0) is 24.3 Å². The maximum Gasteiger partial charge on any atom is 0.283 e. The van der Waals surface area contributed by atoms with Crippen LogP contribution in [0.3, 0.4) is 0 Å². The first-order chi connectivity index (χ1) is 11.6. The SMILES string of the molecule is COc1ccc(O)c(C=NNC(=O)c2sc3ccccc3c2Cl)c1. The molecule has 0 saturated heterocycles. The Morgan fingerprint density at radius 1 is 1.33 bits per heavy atom. The van der Waals surface area contributed by atoms with Gasteiger partial charge < -0.3 is 9.84 Å². The number of ether oxygens (including phenoxy) is 1. The highest BCUT2D eigenvalue weighted by Crippen LogP contribution is 2.34. The monoisotopic (exact) mass is 360 g/mol. The third-order valence-corrected chi connectivity index (χ3v) is 5.02. The number of hydrogen-bond acceptors (Lipinski definition) is 5. The van der Waals surface area contributed by atoms with Gasteiger partial charge in [0.05, 0.1) is 18.3 Å². The van der Waals surface area contributed by atoms with Crippen LogP contribution in [0, 0.1) is 0 Å². The van der Waals surface area contributed by atoms with E-state index >= 15 is 0 Å². The molecule has 3 aromatic rings. The van der Waals surface area contributed by atoms with Crippen molar-refractivity contribution in [2.45, 2.75) is 0 Å². The van der Waals surface area contributed by atoms with Gasteiger partial charge in [-0.25, -0.2) is 5.43 Å². The molecule has 0 fully saturated rings. The summed E-state index contributed by atoms with van der Waals surface area (Å²) in [5.74, 6) is 0.210. The van der Waals surface area contributed by atoms with Crippen LogP contribution in [0.2, 0.25) is 5.02 Å². The van der Waals surface area contributed by atoms with Crippen molar-refractivity contribution in [1.29, 1.82) is 0 Å². The number of nitrogens with one attached hydrogen (secondary N) is 1. The molecule has 7 heteroatoms. The third kappa shape index (κ3) is 3.20. The van der Waals surface area contributed by atoms with Crippen molar-refractivity contribution in [3.05, 3.63) is 57.9 Å². The van der Waals surface area contributed by atoms with Gasteiger partial charge in [0.1, 0.15) is 16.4 Å². The number of phenols is 1. The molecule has 0 aliphatic heterocycles. The van der Waals surface area contributed by atoms with E-state index in [1.807, 2.05) is 24.3 Å². The molecule has 24 heavy (non-hydrogen) atoms. The molecule has 1 heterocycles. The highest BCUT2D eigenvalue weighted by atomic mass is 35.5. The average molecular weight is 361 g/mol. The summed E-state index contributed by atoms with van der Waals surface area (Å²) in [5, 5.41) is 14.9. The highest BCUT2D eigenvalue weighted by Gasteiger charge is 2.16. The standard InChI is InChI=1S/C17H13ClN2O3S/c1-23-11-6-7-13(21)10(8-11)9-19-20-17(22)16-15(18)12-4-2-3-5-14(12)24-16/h2-9,21H,1H3,(H,20,22). The number of rotatable bonds is 4. The molecular weight excluding hydrogens is 348 g/mol. The van der Waals surface area contributed by atoms with Gasteiger partial charge >= 0.3 is 0 Å². The van der Waals surface area contributed by atoms with Crippen LogP contribution >= 0.6 is 22.9 Å². The fraction of sp³-hybridized carbons (Fsp3) is 0.0588. The van der Waals surface area contributed by atoms with E-state index in [9.17, 15) is 9.90 Å². The van der Waals surface area contributed by atoms with Gasteiger partial charge in [-0.15, -0.1) is 11.3 Å². The van der Waals surface area contributed by atoms with E-state index in [1.165, 1.54) is 30.7 Å². The predicted molar refractivity (Wildman–Crippen MR) is 96.6 cm³/mol. The van der Waals surface area contributed by atoms with Crippen molar-refractivity contribution >= 4 is 45.1 Å². The molecule has 0 aliphatic carbocycles. The van der Waals surface area contributed by atoms with Crippen LogP contribution in [0.1, 0.15) is 15.2 Å². The molecule has 0 bridgehead atoms. The van der Waals surface area contributed by atoms with Crippen molar-refractivity contribution in [3.63, 3.8) is 0 Å². The molecule has 0 saturated carbocycles. The zero-order chi connectivity index (χ0) is 17.1. The molecule has 5 nitrogen and oxygen atoms in total. The number of carbonyl (C=O) groups excluding carboxylic acids is 1. The molecule has 3 rings (SSSR count). The van der Waals surface area contributed by atoms with Gasteiger partial charge in [0.2, 0.25) is 0 Å². The number of methoxy groups -OCH3 is 1. The van der Waals surface area contributed by atoms with Crippen LogP contribution in [0.5, 0.6) is 11.5 Å². The maximum absolute atomic E-state index is 12.2. The van der Waals surface area contributed by atoms with Gasteiger partial charge in [-0.1, -0.05) is 29.8 Å². The second-order valence-corrected chi connectivity index (χ2v) is 6.30. The summed E-state index contributed by atoms with van der Waals surface area (Å²) < 4.78 is 6.01. The number of amides is 1. The Balaban J connectivity index is 1.78. The summed E-state index contributed by atoms with van der Waals surface area (Å²) in [7, 11) is 1.53. The normalized spacial score (nSPS) is 11.1. The molecule has 1 amide bonds. The van der Waals surface area contributed by atoms with Crippen LogP contribution in [0.15, 0.2) is 47.6 Å².